The summed E-state index contributed by atoms with van der Waals surface area (Å²) in [5, 5.41) is 10.9. The first-order chi connectivity index (χ1) is 7.32. The molecule has 0 radical (unpaired) electrons. The second kappa shape index (κ2) is 2.13. The van der Waals surface area contributed by atoms with E-state index in [0.29, 0.717) is 16.2 Å². The predicted octanol–water partition coefficient (Wildman–Crippen LogP) is 3.22. The zero-order valence-electron chi connectivity index (χ0n) is 11.0. The number of hydrogen-bond donors (Lipinski definition) is 1. The van der Waals surface area contributed by atoms with E-state index in [1.165, 1.54) is 25.7 Å². The van der Waals surface area contributed by atoms with Gasteiger partial charge in [-0.25, -0.2) is 0 Å². The summed E-state index contributed by atoms with van der Waals surface area (Å²) >= 11 is 0. The Morgan fingerprint density at radius 3 is 2.25 bits per heavy atom. The van der Waals surface area contributed by atoms with E-state index in [-0.39, 0.29) is 11.5 Å². The van der Waals surface area contributed by atoms with E-state index >= 15 is 0 Å². The molecule has 0 aromatic rings. The van der Waals surface area contributed by atoms with Crippen LogP contribution >= 0.6 is 0 Å². The molecule has 0 aromatic heterocycles. The van der Waals surface area contributed by atoms with Crippen LogP contribution in [0.5, 0.6) is 0 Å². The van der Waals surface area contributed by atoms with Crippen LogP contribution in [0.4, 0.5) is 0 Å². The first kappa shape index (κ1) is 9.94. The fourth-order valence-corrected chi connectivity index (χ4v) is 7.20. The monoisotopic (exact) mass is 220 g/mol. The molecule has 0 saturated heterocycles. The van der Waals surface area contributed by atoms with Crippen molar-refractivity contribution in [2.24, 2.45) is 33.5 Å². The van der Waals surface area contributed by atoms with Crippen molar-refractivity contribution in [3.05, 3.63) is 0 Å². The molecule has 5 aliphatic carbocycles. The third-order valence-electron chi connectivity index (χ3n) is 7.77. The molecular formula is C15H24O. The van der Waals surface area contributed by atoms with Crippen LogP contribution in [0.25, 0.3) is 0 Å². The van der Waals surface area contributed by atoms with E-state index < -0.39 is 0 Å². The summed E-state index contributed by atoms with van der Waals surface area (Å²) in [6.45, 7) is 9.70. The van der Waals surface area contributed by atoms with E-state index in [2.05, 4.69) is 27.7 Å². The van der Waals surface area contributed by atoms with Crippen LogP contribution < -0.4 is 0 Å². The van der Waals surface area contributed by atoms with Crippen LogP contribution in [0.1, 0.15) is 53.4 Å². The topological polar surface area (TPSA) is 20.2 Å². The smallest absolute Gasteiger partial charge is 0.0666 e. The van der Waals surface area contributed by atoms with Crippen LogP contribution in [-0.4, -0.2) is 11.2 Å². The standard InChI is InChI=1S/C15H24O/c1-12(2)6-5-7-13(3)10-9-8-15(12,13)11(16)14(9,10)4/h9-11,16H,5-8H2,1-4H3/t9-,10-,11+,13-,14-,15-/m1/s1. The Hall–Kier alpha value is -0.0400. The second-order valence-corrected chi connectivity index (χ2v) is 8.18. The summed E-state index contributed by atoms with van der Waals surface area (Å²) in [6.07, 6.45) is 5.35. The second-order valence-electron chi connectivity index (χ2n) is 8.18. The first-order valence-electron chi connectivity index (χ1n) is 7.00. The maximum Gasteiger partial charge on any atom is 0.0666 e. The molecule has 5 rings (SSSR count). The Balaban J connectivity index is 1.97. The summed E-state index contributed by atoms with van der Waals surface area (Å²) < 4.78 is 0. The minimum atomic E-state index is -0.0182. The summed E-state index contributed by atoms with van der Waals surface area (Å²) in [4.78, 5) is 0. The normalized spacial score (nSPS) is 69.2. The van der Waals surface area contributed by atoms with E-state index in [9.17, 15) is 5.11 Å². The molecule has 4 bridgehead atoms. The molecule has 0 unspecified atom stereocenters. The Kier molecular flexibility index (Phi) is 1.33. The SMILES string of the molecule is CC1(C)CCC[C@]2(C)[C@H]3[C@H]4C[C@@]12[C@@H](O)[C@]43C. The van der Waals surface area contributed by atoms with Gasteiger partial charge >= 0.3 is 0 Å². The first-order valence-corrected chi connectivity index (χ1v) is 7.00. The van der Waals surface area contributed by atoms with Gasteiger partial charge in [0.05, 0.1) is 6.10 Å². The van der Waals surface area contributed by atoms with Crippen LogP contribution in [0.2, 0.25) is 0 Å². The van der Waals surface area contributed by atoms with E-state index in [4.69, 9.17) is 0 Å². The van der Waals surface area contributed by atoms with Crippen molar-refractivity contribution in [3.8, 4) is 0 Å². The van der Waals surface area contributed by atoms with Crippen LogP contribution in [-0.2, 0) is 0 Å². The van der Waals surface area contributed by atoms with Gasteiger partial charge in [-0.3, -0.25) is 0 Å². The highest BCUT2D eigenvalue weighted by Crippen LogP contribution is 2.94. The molecule has 1 nitrogen and oxygen atoms in total. The third kappa shape index (κ3) is 0.592. The number of aliphatic hydroxyl groups is 1. The van der Waals surface area contributed by atoms with Gasteiger partial charge in [0, 0.05) is 10.8 Å². The van der Waals surface area contributed by atoms with Crippen molar-refractivity contribution < 1.29 is 5.11 Å². The van der Waals surface area contributed by atoms with Crippen molar-refractivity contribution in [2.45, 2.75) is 59.5 Å². The van der Waals surface area contributed by atoms with Crippen LogP contribution in [0.3, 0.4) is 0 Å². The van der Waals surface area contributed by atoms with Crippen LogP contribution in [0.15, 0.2) is 0 Å². The fourth-order valence-electron chi connectivity index (χ4n) is 7.20. The fraction of sp³-hybridized carbons (Fsp3) is 1.00. The van der Waals surface area contributed by atoms with Crippen molar-refractivity contribution in [2.75, 3.05) is 0 Å². The molecule has 5 saturated carbocycles. The largest absolute Gasteiger partial charge is 0.392 e. The van der Waals surface area contributed by atoms with Gasteiger partial charge in [0.2, 0.25) is 0 Å². The average molecular weight is 220 g/mol. The van der Waals surface area contributed by atoms with Crippen molar-refractivity contribution in [1.82, 2.24) is 0 Å². The molecule has 1 heteroatoms. The number of aliphatic hydroxyl groups excluding tert-OH is 1. The predicted molar refractivity (Wildman–Crippen MR) is 63.9 cm³/mol. The Morgan fingerprint density at radius 1 is 1.06 bits per heavy atom. The highest BCUT2D eigenvalue weighted by Gasteiger charge is 2.92. The van der Waals surface area contributed by atoms with E-state index in [1.54, 1.807) is 0 Å². The minimum Gasteiger partial charge on any atom is -0.392 e. The lowest BCUT2D eigenvalue weighted by Gasteiger charge is -2.57. The molecule has 0 heterocycles. The summed E-state index contributed by atoms with van der Waals surface area (Å²) in [7, 11) is 0. The lowest BCUT2D eigenvalue weighted by atomic mass is 9.48. The zero-order valence-corrected chi connectivity index (χ0v) is 11.0. The van der Waals surface area contributed by atoms with Gasteiger partial charge in [-0.15, -0.1) is 0 Å². The highest BCUT2D eigenvalue weighted by molar-refractivity contribution is 5.40. The highest BCUT2D eigenvalue weighted by atomic mass is 16.3. The molecule has 6 atom stereocenters. The molecule has 0 aliphatic heterocycles. The van der Waals surface area contributed by atoms with Gasteiger partial charge in [-0.2, -0.15) is 0 Å². The Labute approximate surface area is 98.6 Å². The van der Waals surface area contributed by atoms with Gasteiger partial charge in [-0.1, -0.05) is 34.1 Å². The Bertz CT molecular complexity index is 387. The van der Waals surface area contributed by atoms with Crippen molar-refractivity contribution >= 4 is 0 Å². The molecule has 1 spiro atoms. The molecule has 0 amide bonds. The quantitative estimate of drug-likeness (QED) is 0.664. The molecule has 16 heavy (non-hydrogen) atoms. The van der Waals surface area contributed by atoms with Gasteiger partial charge in [0.1, 0.15) is 0 Å². The van der Waals surface area contributed by atoms with Gasteiger partial charge in [0.15, 0.2) is 0 Å². The lowest BCUT2D eigenvalue weighted by Crippen LogP contribution is -2.53. The number of hydrogen-bond acceptors (Lipinski definition) is 1. The van der Waals surface area contributed by atoms with Gasteiger partial charge in [0.25, 0.3) is 0 Å². The summed E-state index contributed by atoms with van der Waals surface area (Å²) in [5.74, 6) is 1.69. The molecule has 90 valence electrons. The molecule has 0 aromatic carbocycles. The van der Waals surface area contributed by atoms with Crippen molar-refractivity contribution in [1.29, 1.82) is 0 Å². The Morgan fingerprint density at radius 2 is 1.75 bits per heavy atom. The maximum atomic E-state index is 10.9. The maximum absolute atomic E-state index is 10.9. The van der Waals surface area contributed by atoms with Gasteiger partial charge < -0.3 is 5.11 Å². The number of rotatable bonds is 0. The molecule has 1 N–H and O–H groups in total. The summed E-state index contributed by atoms with van der Waals surface area (Å²) in [6, 6.07) is 0. The van der Waals surface area contributed by atoms with Gasteiger partial charge in [-0.05, 0) is 41.9 Å². The molecular weight excluding hydrogens is 196 g/mol. The third-order valence-corrected chi connectivity index (χ3v) is 7.77. The van der Waals surface area contributed by atoms with Crippen molar-refractivity contribution in [3.63, 3.8) is 0 Å². The molecule has 5 aliphatic rings. The zero-order chi connectivity index (χ0) is 11.6. The van der Waals surface area contributed by atoms with E-state index in [1.807, 2.05) is 0 Å². The average Bonchev–Trinajstić information content (AvgIpc) is 2.45. The lowest BCUT2D eigenvalue weighted by molar-refractivity contribution is -0.129. The minimum absolute atomic E-state index is 0.0182. The molecule has 5 fully saturated rings. The van der Waals surface area contributed by atoms with E-state index in [0.717, 1.165) is 11.8 Å². The summed E-state index contributed by atoms with van der Waals surface area (Å²) in [5.41, 5.74) is 1.35. The van der Waals surface area contributed by atoms with Crippen LogP contribution in [0, 0.1) is 33.5 Å².